The first-order chi connectivity index (χ1) is 9.70. The van der Waals surface area contributed by atoms with Crippen LogP contribution in [-0.2, 0) is 9.47 Å². The van der Waals surface area contributed by atoms with Crippen LogP contribution in [-0.4, -0.2) is 32.8 Å². The molecule has 1 aromatic carbocycles. The van der Waals surface area contributed by atoms with Crippen LogP contribution in [0.4, 0.5) is 11.4 Å². The van der Waals surface area contributed by atoms with Gasteiger partial charge >= 0.3 is 5.97 Å². The van der Waals surface area contributed by atoms with Crippen LogP contribution in [0.5, 0.6) is 0 Å². The van der Waals surface area contributed by atoms with Crippen molar-refractivity contribution in [2.24, 2.45) is 5.92 Å². The molecule has 0 amide bonds. The van der Waals surface area contributed by atoms with Gasteiger partial charge in [0.05, 0.1) is 12.7 Å². The second-order valence-corrected chi connectivity index (χ2v) is 5.10. The number of rotatable bonds is 8. The minimum atomic E-state index is -0.384. The van der Waals surface area contributed by atoms with Crippen molar-refractivity contribution in [2.75, 3.05) is 37.9 Å². The Morgan fingerprint density at radius 1 is 1.45 bits per heavy atom. The number of hydrogen-bond acceptors (Lipinski definition) is 5. The van der Waals surface area contributed by atoms with Crippen molar-refractivity contribution in [3.63, 3.8) is 0 Å². The minimum Gasteiger partial charge on any atom is -0.465 e. The van der Waals surface area contributed by atoms with Gasteiger partial charge in [0, 0.05) is 31.1 Å². The highest BCUT2D eigenvalue weighted by atomic mass is 16.5. The Kier molecular flexibility index (Phi) is 5.24. The number of benzene rings is 1. The van der Waals surface area contributed by atoms with Crippen LogP contribution in [0.3, 0.4) is 0 Å². The molecule has 1 aliphatic rings. The topological polar surface area (TPSA) is 73.6 Å². The van der Waals surface area contributed by atoms with Gasteiger partial charge in [0.15, 0.2) is 0 Å². The fraction of sp³-hybridized carbons (Fsp3) is 0.533. The molecule has 5 nitrogen and oxygen atoms in total. The van der Waals surface area contributed by atoms with Gasteiger partial charge in [0.25, 0.3) is 0 Å². The fourth-order valence-corrected chi connectivity index (χ4v) is 1.93. The molecule has 1 aliphatic carbocycles. The van der Waals surface area contributed by atoms with Crippen molar-refractivity contribution in [3.8, 4) is 0 Å². The molecule has 1 fully saturated rings. The summed E-state index contributed by atoms with van der Waals surface area (Å²) < 4.78 is 10.3. The van der Waals surface area contributed by atoms with Crippen molar-refractivity contribution in [1.82, 2.24) is 0 Å². The Hall–Kier alpha value is -1.75. The summed E-state index contributed by atoms with van der Waals surface area (Å²) in [5, 5.41) is 3.22. The minimum absolute atomic E-state index is 0.384. The molecule has 3 N–H and O–H groups in total. The van der Waals surface area contributed by atoms with Crippen LogP contribution < -0.4 is 11.1 Å². The Bertz CT molecular complexity index is 458. The van der Waals surface area contributed by atoms with Crippen molar-refractivity contribution >= 4 is 17.3 Å². The third kappa shape index (κ3) is 4.42. The maximum absolute atomic E-state index is 11.7. The van der Waals surface area contributed by atoms with E-state index in [4.69, 9.17) is 15.2 Å². The van der Waals surface area contributed by atoms with Gasteiger partial charge in [0.2, 0.25) is 0 Å². The molecular formula is C15H22N2O3. The van der Waals surface area contributed by atoms with E-state index in [-0.39, 0.29) is 5.97 Å². The number of esters is 1. The summed E-state index contributed by atoms with van der Waals surface area (Å²) in [5.74, 6) is 0.413. The van der Waals surface area contributed by atoms with Gasteiger partial charge < -0.3 is 20.5 Å². The van der Waals surface area contributed by atoms with Gasteiger partial charge in [-0.15, -0.1) is 0 Å². The van der Waals surface area contributed by atoms with E-state index in [2.05, 4.69) is 5.32 Å². The number of anilines is 2. The number of methoxy groups -OCH3 is 1. The third-order valence-corrected chi connectivity index (χ3v) is 3.28. The lowest BCUT2D eigenvalue weighted by atomic mass is 10.1. The van der Waals surface area contributed by atoms with Gasteiger partial charge in [-0.1, -0.05) is 0 Å². The molecule has 0 heterocycles. The average molecular weight is 278 g/mol. The van der Waals surface area contributed by atoms with E-state index in [0.717, 1.165) is 37.8 Å². The Morgan fingerprint density at radius 2 is 2.25 bits per heavy atom. The summed E-state index contributed by atoms with van der Waals surface area (Å²) >= 11 is 0. The summed E-state index contributed by atoms with van der Waals surface area (Å²) in [5.41, 5.74) is 7.45. The molecule has 0 unspecified atom stereocenters. The molecule has 0 bridgehead atoms. The molecule has 110 valence electrons. The van der Waals surface area contributed by atoms with Crippen LogP contribution in [0.25, 0.3) is 0 Å². The van der Waals surface area contributed by atoms with Gasteiger partial charge in [-0.05, 0) is 43.4 Å². The zero-order chi connectivity index (χ0) is 14.4. The van der Waals surface area contributed by atoms with E-state index in [1.54, 1.807) is 18.2 Å². The second kappa shape index (κ2) is 7.14. The molecule has 0 saturated heterocycles. The zero-order valence-electron chi connectivity index (χ0n) is 11.9. The Balaban J connectivity index is 1.77. The summed E-state index contributed by atoms with van der Waals surface area (Å²) in [7, 11) is 1.36. The van der Waals surface area contributed by atoms with E-state index < -0.39 is 0 Å². The van der Waals surface area contributed by atoms with Crippen LogP contribution >= 0.6 is 0 Å². The Morgan fingerprint density at radius 3 is 2.95 bits per heavy atom. The van der Waals surface area contributed by atoms with Crippen LogP contribution in [0.15, 0.2) is 18.2 Å². The highest BCUT2D eigenvalue weighted by molar-refractivity contribution is 5.96. The summed E-state index contributed by atoms with van der Waals surface area (Å²) in [6.07, 6.45) is 3.52. The molecule has 1 saturated carbocycles. The number of nitrogens with two attached hydrogens (primary N) is 1. The quantitative estimate of drug-likeness (QED) is 0.433. The smallest absolute Gasteiger partial charge is 0.340 e. The molecular weight excluding hydrogens is 256 g/mol. The largest absolute Gasteiger partial charge is 0.465 e. The van der Waals surface area contributed by atoms with E-state index in [9.17, 15) is 4.79 Å². The average Bonchev–Trinajstić information content (AvgIpc) is 3.27. The van der Waals surface area contributed by atoms with Crippen molar-refractivity contribution in [3.05, 3.63) is 23.8 Å². The van der Waals surface area contributed by atoms with Crippen LogP contribution in [0.2, 0.25) is 0 Å². The van der Waals surface area contributed by atoms with Crippen molar-refractivity contribution in [2.45, 2.75) is 19.3 Å². The van der Waals surface area contributed by atoms with E-state index in [1.807, 2.05) is 0 Å². The SMILES string of the molecule is COC(=O)c1cc(N)ccc1NCCCOCC1CC1. The molecule has 20 heavy (non-hydrogen) atoms. The van der Waals surface area contributed by atoms with Gasteiger partial charge in [-0.25, -0.2) is 4.79 Å². The van der Waals surface area contributed by atoms with Gasteiger partial charge in [-0.3, -0.25) is 0 Å². The molecule has 5 heteroatoms. The van der Waals surface area contributed by atoms with Gasteiger partial charge in [0.1, 0.15) is 0 Å². The highest BCUT2D eigenvalue weighted by Gasteiger charge is 2.20. The maximum Gasteiger partial charge on any atom is 0.340 e. The lowest BCUT2D eigenvalue weighted by Gasteiger charge is -2.11. The van der Waals surface area contributed by atoms with E-state index in [0.29, 0.717) is 11.3 Å². The van der Waals surface area contributed by atoms with E-state index in [1.165, 1.54) is 20.0 Å². The van der Waals surface area contributed by atoms with E-state index >= 15 is 0 Å². The number of carbonyl (C=O) groups excluding carboxylic acids is 1. The number of ether oxygens (including phenoxy) is 2. The predicted octanol–water partition coefficient (Wildman–Crippen LogP) is 2.28. The number of nitrogens with one attached hydrogen (secondary N) is 1. The first-order valence-corrected chi connectivity index (χ1v) is 7.00. The summed E-state index contributed by atoms with van der Waals surface area (Å²) in [4.78, 5) is 11.7. The van der Waals surface area contributed by atoms with Crippen LogP contribution in [0, 0.1) is 5.92 Å². The fourth-order valence-electron chi connectivity index (χ4n) is 1.93. The number of carbonyl (C=O) groups is 1. The first kappa shape index (κ1) is 14.7. The number of hydrogen-bond donors (Lipinski definition) is 2. The monoisotopic (exact) mass is 278 g/mol. The maximum atomic E-state index is 11.7. The molecule has 0 radical (unpaired) electrons. The number of nitrogen functional groups attached to an aromatic ring is 1. The van der Waals surface area contributed by atoms with Gasteiger partial charge in [-0.2, -0.15) is 0 Å². The lowest BCUT2D eigenvalue weighted by Crippen LogP contribution is -2.11. The van der Waals surface area contributed by atoms with Crippen molar-refractivity contribution < 1.29 is 14.3 Å². The second-order valence-electron chi connectivity index (χ2n) is 5.10. The normalized spacial score (nSPS) is 14.1. The van der Waals surface area contributed by atoms with Crippen LogP contribution in [0.1, 0.15) is 29.6 Å². The zero-order valence-corrected chi connectivity index (χ0v) is 11.9. The molecule has 1 aromatic rings. The Labute approximate surface area is 119 Å². The molecule has 0 aliphatic heterocycles. The molecule has 0 spiro atoms. The summed E-state index contributed by atoms with van der Waals surface area (Å²) in [6, 6.07) is 5.18. The summed E-state index contributed by atoms with van der Waals surface area (Å²) in [6.45, 7) is 2.37. The third-order valence-electron chi connectivity index (χ3n) is 3.28. The standard InChI is InChI=1S/C15H22N2O3/c1-19-15(18)13-9-12(16)5-6-14(13)17-7-2-8-20-10-11-3-4-11/h5-6,9,11,17H,2-4,7-8,10,16H2,1H3. The highest BCUT2D eigenvalue weighted by Crippen LogP contribution is 2.28. The molecule has 2 rings (SSSR count). The van der Waals surface area contributed by atoms with Crippen molar-refractivity contribution in [1.29, 1.82) is 0 Å². The first-order valence-electron chi connectivity index (χ1n) is 7.00. The molecule has 0 atom stereocenters. The lowest BCUT2D eigenvalue weighted by molar-refractivity contribution is 0.0602. The molecule has 0 aromatic heterocycles. The predicted molar refractivity (Wildman–Crippen MR) is 78.8 cm³/mol.